The predicted molar refractivity (Wildman–Crippen MR) is 126 cm³/mol. The van der Waals surface area contributed by atoms with Crippen molar-refractivity contribution in [2.24, 2.45) is 0 Å². The number of hydrogen-bond donors (Lipinski definition) is 1. The number of carbonyl (C=O) groups is 2. The fraction of sp³-hybridized carbons (Fsp3) is 0.259. The maximum atomic E-state index is 13.8. The molecule has 3 aromatic carbocycles. The van der Waals surface area contributed by atoms with Crippen LogP contribution in [0.3, 0.4) is 0 Å². The molecular formula is C27H30N2O2. The molecule has 0 aliphatic rings. The van der Waals surface area contributed by atoms with E-state index < -0.39 is 6.04 Å². The summed E-state index contributed by atoms with van der Waals surface area (Å²) >= 11 is 0. The van der Waals surface area contributed by atoms with Gasteiger partial charge in [0.15, 0.2) is 0 Å². The third kappa shape index (κ3) is 5.82. The zero-order valence-corrected chi connectivity index (χ0v) is 18.7. The van der Waals surface area contributed by atoms with Crippen molar-refractivity contribution in [2.75, 3.05) is 11.4 Å². The monoisotopic (exact) mass is 414 g/mol. The summed E-state index contributed by atoms with van der Waals surface area (Å²) in [5, 5.41) is 2.85. The van der Waals surface area contributed by atoms with Gasteiger partial charge >= 0.3 is 0 Å². The van der Waals surface area contributed by atoms with Crippen LogP contribution in [0.1, 0.15) is 40.8 Å². The molecule has 3 rings (SSSR count). The predicted octanol–water partition coefficient (Wildman–Crippen LogP) is 5.06. The maximum Gasteiger partial charge on any atom is 0.254 e. The Bertz CT molecular complexity index is 1040. The molecule has 0 aliphatic carbocycles. The van der Waals surface area contributed by atoms with Gasteiger partial charge in [0.2, 0.25) is 5.91 Å². The number of rotatable bonds is 7. The lowest BCUT2D eigenvalue weighted by Gasteiger charge is -2.29. The largest absolute Gasteiger partial charge is 0.341 e. The van der Waals surface area contributed by atoms with Gasteiger partial charge in [0.1, 0.15) is 6.04 Å². The highest BCUT2D eigenvalue weighted by atomic mass is 16.2. The minimum atomic E-state index is -0.738. The Kier molecular flexibility index (Phi) is 7.24. The molecule has 3 aromatic rings. The van der Waals surface area contributed by atoms with Crippen molar-refractivity contribution in [1.29, 1.82) is 0 Å². The summed E-state index contributed by atoms with van der Waals surface area (Å²) in [6.45, 7) is 8.13. The second kappa shape index (κ2) is 10.1. The Hall–Kier alpha value is -3.40. The molecule has 0 radical (unpaired) electrons. The second-order valence-corrected chi connectivity index (χ2v) is 8.04. The van der Waals surface area contributed by atoms with Crippen LogP contribution < -0.4 is 10.2 Å². The molecule has 0 spiro atoms. The van der Waals surface area contributed by atoms with Crippen molar-refractivity contribution in [3.05, 3.63) is 101 Å². The number of amides is 2. The Morgan fingerprint density at radius 2 is 1.55 bits per heavy atom. The van der Waals surface area contributed by atoms with Gasteiger partial charge in [0, 0.05) is 19.2 Å². The molecule has 4 nitrogen and oxygen atoms in total. The molecule has 0 unspecified atom stereocenters. The average molecular weight is 415 g/mol. The zero-order valence-electron chi connectivity index (χ0n) is 18.7. The number of nitrogens with zero attached hydrogens (tertiary/aromatic N) is 1. The van der Waals surface area contributed by atoms with Gasteiger partial charge in [-0.15, -0.1) is 0 Å². The van der Waals surface area contributed by atoms with E-state index in [1.165, 1.54) is 23.6 Å². The van der Waals surface area contributed by atoms with Gasteiger partial charge in [-0.2, -0.15) is 0 Å². The van der Waals surface area contributed by atoms with Crippen LogP contribution in [0, 0.1) is 20.8 Å². The van der Waals surface area contributed by atoms with Crippen LogP contribution in [0.2, 0.25) is 0 Å². The molecule has 0 heterocycles. The highest BCUT2D eigenvalue weighted by Gasteiger charge is 2.27. The van der Waals surface area contributed by atoms with E-state index in [1.807, 2.05) is 55.5 Å². The molecule has 0 fully saturated rings. The van der Waals surface area contributed by atoms with Crippen LogP contribution in [0.4, 0.5) is 5.69 Å². The van der Waals surface area contributed by atoms with Crippen LogP contribution in [-0.2, 0) is 16.0 Å². The van der Waals surface area contributed by atoms with Gasteiger partial charge < -0.3 is 10.2 Å². The van der Waals surface area contributed by atoms with E-state index in [9.17, 15) is 9.59 Å². The molecule has 1 N–H and O–H groups in total. The number of carbonyl (C=O) groups excluding carboxylic acids is 2. The quantitative estimate of drug-likeness (QED) is 0.587. The Morgan fingerprint density at radius 1 is 0.871 bits per heavy atom. The SMILES string of the molecule is CC(=O)N[C@H](C(=O)N(CCc1ccc(C)cc1)c1ccc(C)c(C)c1)c1ccccc1. The molecule has 1 atom stereocenters. The van der Waals surface area contributed by atoms with Crippen LogP contribution in [-0.4, -0.2) is 18.4 Å². The van der Waals surface area contributed by atoms with E-state index in [-0.39, 0.29) is 11.8 Å². The summed E-state index contributed by atoms with van der Waals surface area (Å²) < 4.78 is 0. The van der Waals surface area contributed by atoms with Gasteiger partial charge in [-0.3, -0.25) is 9.59 Å². The first-order valence-corrected chi connectivity index (χ1v) is 10.6. The van der Waals surface area contributed by atoms with Crippen LogP contribution in [0.5, 0.6) is 0 Å². The molecule has 0 aliphatic heterocycles. The van der Waals surface area contributed by atoms with E-state index in [2.05, 4.69) is 43.4 Å². The first-order chi connectivity index (χ1) is 14.8. The summed E-state index contributed by atoms with van der Waals surface area (Å²) in [7, 11) is 0. The molecular weight excluding hydrogens is 384 g/mol. The Morgan fingerprint density at radius 3 is 2.16 bits per heavy atom. The third-order valence-corrected chi connectivity index (χ3v) is 5.54. The molecule has 160 valence electrons. The third-order valence-electron chi connectivity index (χ3n) is 5.54. The number of anilines is 1. The van der Waals surface area contributed by atoms with Gasteiger partial charge in [-0.1, -0.05) is 66.2 Å². The van der Waals surface area contributed by atoms with Gasteiger partial charge in [0.05, 0.1) is 0 Å². The number of nitrogens with one attached hydrogen (secondary N) is 1. The van der Waals surface area contributed by atoms with Crippen molar-refractivity contribution in [3.8, 4) is 0 Å². The smallest absolute Gasteiger partial charge is 0.254 e. The van der Waals surface area contributed by atoms with E-state index in [4.69, 9.17) is 0 Å². The number of hydrogen-bond acceptors (Lipinski definition) is 2. The summed E-state index contributed by atoms with van der Waals surface area (Å²) in [6, 6.07) is 23.1. The molecule has 4 heteroatoms. The summed E-state index contributed by atoms with van der Waals surface area (Å²) in [5.74, 6) is -0.377. The zero-order chi connectivity index (χ0) is 22.4. The second-order valence-electron chi connectivity index (χ2n) is 8.04. The molecule has 0 bridgehead atoms. The molecule has 31 heavy (non-hydrogen) atoms. The fourth-order valence-electron chi connectivity index (χ4n) is 3.55. The number of benzene rings is 3. The first-order valence-electron chi connectivity index (χ1n) is 10.6. The van der Waals surface area contributed by atoms with Crippen molar-refractivity contribution in [2.45, 2.75) is 40.2 Å². The van der Waals surface area contributed by atoms with Crippen molar-refractivity contribution in [3.63, 3.8) is 0 Å². The van der Waals surface area contributed by atoms with Crippen molar-refractivity contribution < 1.29 is 9.59 Å². The lowest BCUT2D eigenvalue weighted by atomic mass is 10.0. The summed E-state index contributed by atoms with van der Waals surface area (Å²) in [4.78, 5) is 27.5. The topological polar surface area (TPSA) is 49.4 Å². The minimum Gasteiger partial charge on any atom is -0.341 e. The van der Waals surface area contributed by atoms with Crippen LogP contribution >= 0.6 is 0 Å². The number of aryl methyl sites for hydroxylation is 3. The molecule has 0 aromatic heterocycles. The Balaban J connectivity index is 1.95. The van der Waals surface area contributed by atoms with Crippen LogP contribution in [0.15, 0.2) is 72.8 Å². The van der Waals surface area contributed by atoms with Crippen LogP contribution in [0.25, 0.3) is 0 Å². The van der Waals surface area contributed by atoms with E-state index >= 15 is 0 Å². The van der Waals surface area contributed by atoms with Gasteiger partial charge in [0.25, 0.3) is 5.91 Å². The maximum absolute atomic E-state index is 13.8. The van der Waals surface area contributed by atoms with E-state index in [1.54, 1.807) is 4.90 Å². The average Bonchev–Trinajstić information content (AvgIpc) is 2.76. The molecule has 0 saturated carbocycles. The summed E-state index contributed by atoms with van der Waals surface area (Å²) in [6.07, 6.45) is 0.723. The molecule has 2 amide bonds. The standard InChI is InChI=1S/C27H30N2O2/c1-19-10-13-23(14-11-19)16-17-29(25-15-12-20(2)21(3)18-25)27(31)26(28-22(4)30)24-8-6-5-7-9-24/h5-15,18,26H,16-17H2,1-4H3,(H,28,30)/t26-/m0/s1. The van der Waals surface area contributed by atoms with E-state index in [0.29, 0.717) is 6.54 Å². The van der Waals surface area contributed by atoms with Crippen molar-refractivity contribution in [1.82, 2.24) is 5.32 Å². The highest BCUT2D eigenvalue weighted by Crippen LogP contribution is 2.24. The first kappa shape index (κ1) is 22.3. The van der Waals surface area contributed by atoms with E-state index in [0.717, 1.165) is 23.2 Å². The Labute approximate surface area is 184 Å². The minimum absolute atomic E-state index is 0.142. The van der Waals surface area contributed by atoms with Gasteiger partial charge in [-0.25, -0.2) is 0 Å². The fourth-order valence-corrected chi connectivity index (χ4v) is 3.55. The van der Waals surface area contributed by atoms with Crippen molar-refractivity contribution >= 4 is 17.5 Å². The normalized spacial score (nSPS) is 11.6. The lowest BCUT2D eigenvalue weighted by molar-refractivity contribution is -0.126. The van der Waals surface area contributed by atoms with Gasteiger partial charge in [-0.05, 0) is 61.6 Å². The molecule has 0 saturated heterocycles. The lowest BCUT2D eigenvalue weighted by Crippen LogP contribution is -2.43. The highest BCUT2D eigenvalue weighted by molar-refractivity contribution is 5.99. The summed E-state index contributed by atoms with van der Waals surface area (Å²) in [5.41, 5.74) is 6.29.